The summed E-state index contributed by atoms with van der Waals surface area (Å²) in [5, 5.41) is 16.4. The quantitative estimate of drug-likeness (QED) is 0.801. The highest BCUT2D eigenvalue weighted by Crippen LogP contribution is 2.28. The number of hydrogen-bond donors (Lipinski definition) is 1. The summed E-state index contributed by atoms with van der Waals surface area (Å²) in [6.45, 7) is 1.88. The largest absolute Gasteiger partial charge is 0.545 e. The van der Waals surface area contributed by atoms with E-state index < -0.39 is 5.97 Å². The minimum absolute atomic E-state index is 0.145. The van der Waals surface area contributed by atoms with Crippen LogP contribution in [0.4, 0.5) is 10.8 Å². The van der Waals surface area contributed by atoms with Gasteiger partial charge in [0.25, 0.3) is 0 Å². The smallest absolute Gasteiger partial charge is 0.187 e. The van der Waals surface area contributed by atoms with Gasteiger partial charge < -0.3 is 19.6 Å². The van der Waals surface area contributed by atoms with Gasteiger partial charge in [-0.15, -0.1) is 11.3 Å². The predicted octanol–water partition coefficient (Wildman–Crippen LogP) is 2.82. The molecular weight excluding hydrogens is 288 g/mol. The van der Waals surface area contributed by atoms with E-state index in [1.807, 2.05) is 24.4 Å². The lowest BCUT2D eigenvalue weighted by Gasteiger charge is -2.05. The van der Waals surface area contributed by atoms with Gasteiger partial charge in [0.2, 0.25) is 0 Å². The lowest BCUT2D eigenvalue weighted by Crippen LogP contribution is -2.21. The van der Waals surface area contributed by atoms with E-state index >= 15 is 0 Å². The number of carbonyl (C=O) groups is 1. The number of aromatic nitrogens is 1. The molecule has 0 atom stereocenters. The number of carboxylic acids is 1. The molecule has 0 amide bonds. The maximum atomic E-state index is 10.7. The predicted molar refractivity (Wildman–Crippen MR) is 78.6 cm³/mol. The molecule has 106 valence electrons. The minimum atomic E-state index is -1.19. The molecule has 0 aliphatic heterocycles. The highest BCUT2D eigenvalue weighted by atomic mass is 32.1. The van der Waals surface area contributed by atoms with Crippen LogP contribution in [-0.2, 0) is 0 Å². The molecule has 6 heteroatoms. The van der Waals surface area contributed by atoms with E-state index in [4.69, 9.17) is 4.42 Å². The van der Waals surface area contributed by atoms with Crippen molar-refractivity contribution >= 4 is 28.1 Å². The fraction of sp³-hybridized carbons (Fsp3) is 0.0667. The second kappa shape index (κ2) is 5.41. The van der Waals surface area contributed by atoms with E-state index in [1.165, 1.54) is 23.5 Å². The van der Waals surface area contributed by atoms with E-state index in [0.717, 1.165) is 22.9 Å². The SMILES string of the molecule is Cc1ccc(-c2csc(Nc3ccc(C(=O)[O-])cc3)n2)o1. The third-order valence-electron chi connectivity index (χ3n) is 2.87. The third kappa shape index (κ3) is 2.95. The van der Waals surface area contributed by atoms with Crippen LogP contribution in [0.25, 0.3) is 11.5 Å². The Morgan fingerprint density at radius 2 is 2.00 bits per heavy atom. The van der Waals surface area contributed by atoms with Crippen molar-refractivity contribution in [3.8, 4) is 11.5 Å². The van der Waals surface area contributed by atoms with Crippen LogP contribution in [-0.4, -0.2) is 11.0 Å². The summed E-state index contributed by atoms with van der Waals surface area (Å²) in [5.74, 6) is 0.376. The van der Waals surface area contributed by atoms with E-state index in [9.17, 15) is 9.90 Å². The van der Waals surface area contributed by atoms with Crippen molar-refractivity contribution in [3.63, 3.8) is 0 Å². The van der Waals surface area contributed by atoms with Gasteiger partial charge in [-0.1, -0.05) is 12.1 Å². The van der Waals surface area contributed by atoms with Crippen LogP contribution in [0.5, 0.6) is 0 Å². The number of benzene rings is 1. The Morgan fingerprint density at radius 3 is 2.62 bits per heavy atom. The maximum Gasteiger partial charge on any atom is 0.187 e. The van der Waals surface area contributed by atoms with Crippen LogP contribution in [0.2, 0.25) is 0 Å². The number of nitrogens with zero attached hydrogens (tertiary/aromatic N) is 1. The molecule has 3 aromatic rings. The standard InChI is InChI=1S/C15H12N2O3S/c1-9-2-7-13(20-9)12-8-21-15(17-12)16-11-5-3-10(4-6-11)14(18)19/h2-8H,1H3,(H,16,17)(H,18,19)/p-1. The Bertz CT molecular complexity index is 774. The summed E-state index contributed by atoms with van der Waals surface area (Å²) in [7, 11) is 0. The molecule has 5 nitrogen and oxygen atoms in total. The average molecular weight is 299 g/mol. The number of nitrogens with one attached hydrogen (secondary N) is 1. The number of thiazole rings is 1. The summed E-state index contributed by atoms with van der Waals surface area (Å²) in [6.07, 6.45) is 0. The molecule has 2 heterocycles. The van der Waals surface area contributed by atoms with Crippen LogP contribution in [0, 0.1) is 6.92 Å². The van der Waals surface area contributed by atoms with Crippen molar-refractivity contribution in [2.45, 2.75) is 6.92 Å². The Morgan fingerprint density at radius 1 is 1.24 bits per heavy atom. The Labute approximate surface area is 124 Å². The summed E-state index contributed by atoms with van der Waals surface area (Å²) in [5.41, 5.74) is 1.67. The van der Waals surface area contributed by atoms with Gasteiger partial charge in [0.05, 0.1) is 5.97 Å². The van der Waals surface area contributed by atoms with E-state index in [1.54, 1.807) is 12.1 Å². The van der Waals surface area contributed by atoms with Gasteiger partial charge >= 0.3 is 0 Å². The molecule has 2 aromatic heterocycles. The highest BCUT2D eigenvalue weighted by molar-refractivity contribution is 7.14. The lowest BCUT2D eigenvalue weighted by molar-refractivity contribution is -0.255. The molecule has 0 bridgehead atoms. The monoisotopic (exact) mass is 299 g/mol. The molecule has 0 aliphatic carbocycles. The molecule has 0 fully saturated rings. The fourth-order valence-corrected chi connectivity index (χ4v) is 2.55. The van der Waals surface area contributed by atoms with E-state index in [2.05, 4.69) is 10.3 Å². The van der Waals surface area contributed by atoms with Crippen molar-refractivity contribution in [2.75, 3.05) is 5.32 Å². The van der Waals surface area contributed by atoms with Gasteiger partial charge in [-0.25, -0.2) is 4.98 Å². The summed E-state index contributed by atoms with van der Waals surface area (Å²) in [4.78, 5) is 15.1. The van der Waals surface area contributed by atoms with Gasteiger partial charge in [0.15, 0.2) is 10.9 Å². The molecule has 1 aromatic carbocycles. The molecule has 0 saturated carbocycles. The number of hydrogen-bond acceptors (Lipinski definition) is 6. The zero-order valence-corrected chi connectivity index (χ0v) is 11.9. The first-order valence-corrected chi connectivity index (χ1v) is 7.10. The van der Waals surface area contributed by atoms with Crippen molar-refractivity contribution in [1.29, 1.82) is 0 Å². The normalized spacial score (nSPS) is 10.5. The number of aromatic carboxylic acids is 1. The van der Waals surface area contributed by atoms with Crippen LogP contribution in [0.1, 0.15) is 16.1 Å². The van der Waals surface area contributed by atoms with Crippen LogP contribution in [0.15, 0.2) is 46.2 Å². The molecule has 0 spiro atoms. The summed E-state index contributed by atoms with van der Waals surface area (Å²) >= 11 is 1.45. The topological polar surface area (TPSA) is 78.2 Å². The number of carbonyl (C=O) groups excluding carboxylic acids is 1. The highest BCUT2D eigenvalue weighted by Gasteiger charge is 2.08. The number of rotatable bonds is 4. The first-order valence-electron chi connectivity index (χ1n) is 6.22. The Hall–Kier alpha value is -2.60. The molecule has 21 heavy (non-hydrogen) atoms. The zero-order chi connectivity index (χ0) is 14.8. The van der Waals surface area contributed by atoms with Crippen LogP contribution < -0.4 is 10.4 Å². The lowest BCUT2D eigenvalue weighted by atomic mass is 10.2. The van der Waals surface area contributed by atoms with E-state index in [0.29, 0.717) is 5.13 Å². The summed E-state index contributed by atoms with van der Waals surface area (Å²) in [6, 6.07) is 10.1. The van der Waals surface area contributed by atoms with Gasteiger partial charge in [-0.05, 0) is 36.8 Å². The van der Waals surface area contributed by atoms with Gasteiger partial charge in [0, 0.05) is 11.1 Å². The third-order valence-corrected chi connectivity index (χ3v) is 3.63. The van der Waals surface area contributed by atoms with Crippen molar-refractivity contribution in [1.82, 2.24) is 4.98 Å². The van der Waals surface area contributed by atoms with Crippen molar-refractivity contribution in [2.24, 2.45) is 0 Å². The Kier molecular flexibility index (Phi) is 3.45. The van der Waals surface area contributed by atoms with Gasteiger partial charge in [0.1, 0.15) is 11.5 Å². The molecule has 3 rings (SSSR count). The van der Waals surface area contributed by atoms with E-state index in [-0.39, 0.29) is 5.56 Å². The second-order valence-electron chi connectivity index (χ2n) is 4.44. The fourth-order valence-electron chi connectivity index (χ4n) is 1.83. The first kappa shape index (κ1) is 13.4. The van der Waals surface area contributed by atoms with Gasteiger partial charge in [-0.3, -0.25) is 0 Å². The second-order valence-corrected chi connectivity index (χ2v) is 5.30. The summed E-state index contributed by atoms with van der Waals surface area (Å²) < 4.78 is 5.52. The molecule has 0 radical (unpaired) electrons. The number of anilines is 2. The number of carboxylic acid groups (broad SMARTS) is 1. The Balaban J connectivity index is 1.76. The molecular formula is C15H11N2O3S-. The maximum absolute atomic E-state index is 10.7. The number of aryl methyl sites for hydroxylation is 1. The number of furan rings is 1. The van der Waals surface area contributed by atoms with Crippen molar-refractivity contribution in [3.05, 3.63) is 53.1 Å². The van der Waals surface area contributed by atoms with Crippen LogP contribution in [0.3, 0.4) is 0 Å². The minimum Gasteiger partial charge on any atom is -0.545 e. The zero-order valence-electron chi connectivity index (χ0n) is 11.1. The first-order chi connectivity index (χ1) is 10.1. The molecule has 1 N–H and O–H groups in total. The van der Waals surface area contributed by atoms with Crippen molar-refractivity contribution < 1.29 is 14.3 Å². The molecule has 0 aliphatic rings. The van der Waals surface area contributed by atoms with Gasteiger partial charge in [-0.2, -0.15) is 0 Å². The van der Waals surface area contributed by atoms with Crippen LogP contribution >= 0.6 is 11.3 Å². The molecule has 0 saturated heterocycles. The molecule has 0 unspecified atom stereocenters. The average Bonchev–Trinajstić information content (AvgIpc) is 3.08.